The Morgan fingerprint density at radius 1 is 1.14 bits per heavy atom. The molecule has 1 fully saturated rings. The van der Waals surface area contributed by atoms with Gasteiger partial charge in [0.25, 0.3) is 11.8 Å². The third kappa shape index (κ3) is 4.24. The topological polar surface area (TPSA) is 106 Å². The second-order valence-corrected chi connectivity index (χ2v) is 7.23. The molecule has 1 aliphatic heterocycles. The number of para-hydroxylation sites is 2. The van der Waals surface area contributed by atoms with Gasteiger partial charge in [-0.3, -0.25) is 4.79 Å². The molecule has 0 unspecified atom stereocenters. The molecule has 2 aliphatic rings. The first-order chi connectivity index (χ1) is 14.1. The van der Waals surface area contributed by atoms with Crippen molar-refractivity contribution < 1.29 is 19.0 Å². The van der Waals surface area contributed by atoms with Gasteiger partial charge in [0, 0.05) is 18.4 Å². The lowest BCUT2D eigenvalue weighted by Crippen LogP contribution is -2.52. The van der Waals surface area contributed by atoms with Crippen molar-refractivity contribution >= 4 is 5.91 Å². The molecular formula is C21H22N4O4. The first-order valence-corrected chi connectivity index (χ1v) is 9.74. The van der Waals surface area contributed by atoms with Crippen molar-refractivity contribution in [2.24, 2.45) is 0 Å². The quantitative estimate of drug-likeness (QED) is 0.848. The van der Waals surface area contributed by atoms with E-state index in [9.17, 15) is 4.79 Å². The molecule has 1 aliphatic carbocycles. The van der Waals surface area contributed by atoms with Crippen LogP contribution in [0.5, 0.6) is 17.4 Å². The maximum atomic E-state index is 12.7. The Balaban J connectivity index is 1.30. The van der Waals surface area contributed by atoms with Crippen LogP contribution in [0.4, 0.5) is 0 Å². The van der Waals surface area contributed by atoms with Gasteiger partial charge >= 0.3 is 0 Å². The highest BCUT2D eigenvalue weighted by Crippen LogP contribution is 2.33. The van der Waals surface area contributed by atoms with Gasteiger partial charge in [0.15, 0.2) is 11.5 Å². The monoisotopic (exact) mass is 394 g/mol. The summed E-state index contributed by atoms with van der Waals surface area (Å²) >= 11 is 0. The highest BCUT2D eigenvalue weighted by molar-refractivity contribution is 5.82. The van der Waals surface area contributed by atoms with E-state index in [0.717, 1.165) is 25.7 Å². The van der Waals surface area contributed by atoms with Gasteiger partial charge in [-0.1, -0.05) is 12.1 Å². The van der Waals surface area contributed by atoms with Crippen LogP contribution in [0.15, 0.2) is 36.7 Å². The molecule has 1 aromatic carbocycles. The molecule has 0 radical (unpaired) electrons. The van der Waals surface area contributed by atoms with Gasteiger partial charge in [0.05, 0.1) is 0 Å². The predicted molar refractivity (Wildman–Crippen MR) is 103 cm³/mol. The van der Waals surface area contributed by atoms with E-state index in [-0.39, 0.29) is 35.7 Å². The number of carbonyl (C=O) groups is 1. The fraction of sp³-hybridized carbons (Fsp3) is 0.429. The maximum Gasteiger partial charge on any atom is 0.265 e. The van der Waals surface area contributed by atoms with E-state index >= 15 is 0 Å². The Morgan fingerprint density at radius 3 is 2.55 bits per heavy atom. The number of nitrogens with zero attached hydrogens (tertiary/aromatic N) is 3. The van der Waals surface area contributed by atoms with Crippen LogP contribution in [-0.2, 0) is 4.79 Å². The van der Waals surface area contributed by atoms with Crippen molar-refractivity contribution in [3.8, 4) is 23.4 Å². The second kappa shape index (κ2) is 8.35. The van der Waals surface area contributed by atoms with Crippen molar-refractivity contribution in [2.75, 3.05) is 0 Å². The van der Waals surface area contributed by atoms with E-state index in [2.05, 4.69) is 15.3 Å². The van der Waals surface area contributed by atoms with Crippen LogP contribution in [0.25, 0.3) is 0 Å². The Morgan fingerprint density at radius 2 is 1.83 bits per heavy atom. The van der Waals surface area contributed by atoms with Gasteiger partial charge in [-0.15, -0.1) is 0 Å². The maximum absolute atomic E-state index is 12.7. The van der Waals surface area contributed by atoms with Gasteiger partial charge in [-0.2, -0.15) is 5.26 Å². The lowest BCUT2D eigenvalue weighted by atomic mass is 9.92. The largest absolute Gasteiger partial charge is 0.482 e. The summed E-state index contributed by atoms with van der Waals surface area (Å²) in [4.78, 5) is 20.8. The smallest absolute Gasteiger partial charge is 0.265 e. The molecule has 0 bridgehead atoms. The summed E-state index contributed by atoms with van der Waals surface area (Å²) in [5.74, 6) is 1.34. The number of rotatable bonds is 4. The Hall–Kier alpha value is -3.34. The molecule has 2 heterocycles. The molecule has 29 heavy (non-hydrogen) atoms. The molecule has 0 saturated heterocycles. The van der Waals surface area contributed by atoms with Crippen molar-refractivity contribution in [1.29, 1.82) is 5.26 Å². The van der Waals surface area contributed by atoms with Crippen LogP contribution in [0, 0.1) is 11.3 Å². The van der Waals surface area contributed by atoms with Gasteiger partial charge < -0.3 is 19.5 Å². The van der Waals surface area contributed by atoms with Crippen LogP contribution in [-0.4, -0.2) is 40.2 Å². The molecule has 0 spiro atoms. The van der Waals surface area contributed by atoms with Crippen LogP contribution >= 0.6 is 0 Å². The van der Waals surface area contributed by atoms with E-state index in [1.54, 1.807) is 6.07 Å². The molecule has 1 saturated carbocycles. The molecule has 150 valence electrons. The third-order valence-electron chi connectivity index (χ3n) is 5.17. The van der Waals surface area contributed by atoms with E-state index in [4.69, 9.17) is 19.5 Å². The third-order valence-corrected chi connectivity index (χ3v) is 5.17. The number of nitriles is 1. The molecule has 4 rings (SSSR count). The minimum Gasteiger partial charge on any atom is -0.482 e. The zero-order valence-corrected chi connectivity index (χ0v) is 16.1. The van der Waals surface area contributed by atoms with E-state index in [1.807, 2.05) is 31.2 Å². The van der Waals surface area contributed by atoms with Crippen molar-refractivity contribution in [2.45, 2.75) is 57.0 Å². The van der Waals surface area contributed by atoms with Gasteiger partial charge in [0.1, 0.15) is 18.3 Å². The Kier molecular flexibility index (Phi) is 5.47. The van der Waals surface area contributed by atoms with Gasteiger partial charge in [-0.25, -0.2) is 9.97 Å². The summed E-state index contributed by atoms with van der Waals surface area (Å²) in [6, 6.07) is 9.38. The molecule has 2 atom stereocenters. The number of fused-ring (bicyclic) bond motifs is 1. The molecular weight excluding hydrogens is 372 g/mol. The number of hydrogen-bond donors (Lipinski definition) is 1. The zero-order chi connectivity index (χ0) is 20.2. The summed E-state index contributed by atoms with van der Waals surface area (Å²) in [7, 11) is 0. The number of carbonyl (C=O) groups excluding carboxylic acids is 1. The molecule has 1 N–H and O–H groups in total. The highest BCUT2D eigenvalue weighted by atomic mass is 16.6. The normalized spacial score (nSPS) is 25.5. The van der Waals surface area contributed by atoms with E-state index in [1.165, 1.54) is 12.4 Å². The fourth-order valence-electron chi connectivity index (χ4n) is 3.66. The summed E-state index contributed by atoms with van der Waals surface area (Å²) < 4.78 is 17.5. The minimum atomic E-state index is -0.684. The lowest BCUT2D eigenvalue weighted by molar-refractivity contribution is -0.134. The van der Waals surface area contributed by atoms with Crippen LogP contribution in [0.2, 0.25) is 0 Å². The Labute approximate surface area is 168 Å². The summed E-state index contributed by atoms with van der Waals surface area (Å²) in [6.45, 7) is 1.83. The summed E-state index contributed by atoms with van der Waals surface area (Å²) in [6.07, 6.45) is 4.93. The van der Waals surface area contributed by atoms with E-state index < -0.39 is 6.10 Å². The van der Waals surface area contributed by atoms with Crippen molar-refractivity contribution in [3.63, 3.8) is 0 Å². The minimum absolute atomic E-state index is 0.0487. The number of benzene rings is 1. The number of hydrogen-bond acceptors (Lipinski definition) is 7. The van der Waals surface area contributed by atoms with Gasteiger partial charge in [-0.05, 0) is 44.7 Å². The van der Waals surface area contributed by atoms with Crippen molar-refractivity contribution in [3.05, 3.63) is 42.4 Å². The first kappa shape index (κ1) is 19.0. The zero-order valence-electron chi connectivity index (χ0n) is 16.1. The average molecular weight is 394 g/mol. The lowest BCUT2D eigenvalue weighted by Gasteiger charge is -2.34. The molecule has 1 aromatic heterocycles. The first-order valence-electron chi connectivity index (χ1n) is 9.74. The Bertz CT molecular complexity index is 921. The SMILES string of the molecule is C[C@@H]1Oc2ccccc2O[C@H]1C(=O)NC1CCC(Oc2nccnc2C#N)CC1. The summed E-state index contributed by atoms with van der Waals surface area (Å²) in [5, 5.41) is 12.2. The number of amides is 1. The second-order valence-electron chi connectivity index (χ2n) is 7.23. The fourth-order valence-corrected chi connectivity index (χ4v) is 3.66. The average Bonchev–Trinajstić information content (AvgIpc) is 2.75. The van der Waals surface area contributed by atoms with Crippen molar-refractivity contribution in [1.82, 2.24) is 15.3 Å². The molecule has 2 aromatic rings. The van der Waals surface area contributed by atoms with E-state index in [0.29, 0.717) is 11.5 Å². The van der Waals surface area contributed by atoms with Crippen LogP contribution in [0.3, 0.4) is 0 Å². The number of ether oxygens (including phenoxy) is 3. The summed E-state index contributed by atoms with van der Waals surface area (Å²) in [5.41, 5.74) is 0.187. The molecule has 1 amide bonds. The highest BCUT2D eigenvalue weighted by Gasteiger charge is 2.35. The van der Waals surface area contributed by atoms with Gasteiger partial charge in [0.2, 0.25) is 11.8 Å². The molecule has 8 heteroatoms. The van der Waals surface area contributed by atoms with Crippen LogP contribution in [0.1, 0.15) is 38.3 Å². The standard InChI is InChI=1S/C21H22N4O4/c1-13-19(29-18-5-3-2-4-17(18)27-13)20(26)25-14-6-8-15(9-7-14)28-21-16(12-22)23-10-11-24-21/h2-5,10-11,13-15,19H,6-9H2,1H3,(H,25,26)/t13-,14?,15?,19+/m0/s1. The number of aromatic nitrogens is 2. The molecule has 8 nitrogen and oxygen atoms in total. The number of nitrogens with one attached hydrogen (secondary N) is 1. The predicted octanol–water partition coefficient (Wildman–Crippen LogP) is 2.38. The van der Waals surface area contributed by atoms with Crippen LogP contribution < -0.4 is 19.5 Å².